The predicted molar refractivity (Wildman–Crippen MR) is 76.7 cm³/mol. The number of fused-ring (bicyclic) bond motifs is 1. The van der Waals surface area contributed by atoms with Gasteiger partial charge in [0.1, 0.15) is 17.0 Å². The van der Waals surface area contributed by atoms with Gasteiger partial charge in [-0.2, -0.15) is 0 Å². The van der Waals surface area contributed by atoms with Crippen molar-refractivity contribution in [3.8, 4) is 5.75 Å². The molecule has 2 nitrogen and oxygen atoms in total. The number of ether oxygens (including phenoxy) is 1. The molecular formula is C16H16ClNO. The molecule has 3 heteroatoms. The Kier molecular flexibility index (Phi) is 3.43. The summed E-state index contributed by atoms with van der Waals surface area (Å²) in [4.78, 5) is 4.06. The molecule has 1 heterocycles. The van der Waals surface area contributed by atoms with E-state index in [9.17, 15) is 0 Å². The molecule has 1 atom stereocenters. The van der Waals surface area contributed by atoms with Crippen molar-refractivity contribution in [1.82, 2.24) is 4.98 Å². The molecule has 0 fully saturated rings. The summed E-state index contributed by atoms with van der Waals surface area (Å²) in [6.07, 6.45) is 5.25. The van der Waals surface area contributed by atoms with E-state index in [4.69, 9.17) is 16.3 Å². The lowest BCUT2D eigenvalue weighted by molar-refractivity contribution is 0.182. The van der Waals surface area contributed by atoms with E-state index < -0.39 is 0 Å². The van der Waals surface area contributed by atoms with Crippen LogP contribution in [0.15, 0.2) is 36.5 Å². The first-order valence-corrected chi connectivity index (χ1v) is 6.98. The van der Waals surface area contributed by atoms with Crippen molar-refractivity contribution in [1.29, 1.82) is 0 Å². The topological polar surface area (TPSA) is 22.1 Å². The monoisotopic (exact) mass is 273 g/mol. The van der Waals surface area contributed by atoms with Crippen molar-refractivity contribution in [2.45, 2.75) is 32.3 Å². The molecule has 3 rings (SSSR count). The summed E-state index contributed by atoms with van der Waals surface area (Å²) >= 11 is 5.94. The fourth-order valence-electron chi connectivity index (χ4n) is 2.59. The number of hydrogen-bond acceptors (Lipinski definition) is 2. The zero-order chi connectivity index (χ0) is 13.2. The van der Waals surface area contributed by atoms with Crippen molar-refractivity contribution in [2.75, 3.05) is 0 Å². The van der Waals surface area contributed by atoms with E-state index in [1.165, 1.54) is 17.5 Å². The maximum Gasteiger partial charge on any atom is 0.132 e. The van der Waals surface area contributed by atoms with Gasteiger partial charge in [-0.05, 0) is 37.3 Å². The Morgan fingerprint density at radius 2 is 2.16 bits per heavy atom. The second-order valence-corrected chi connectivity index (χ2v) is 5.36. The molecule has 0 saturated carbocycles. The normalized spacial score (nSPS) is 17.9. The Hall–Kier alpha value is -1.54. The second-order valence-electron chi connectivity index (χ2n) is 4.97. The van der Waals surface area contributed by atoms with Gasteiger partial charge >= 0.3 is 0 Å². The molecule has 19 heavy (non-hydrogen) atoms. The number of pyridine rings is 1. The van der Waals surface area contributed by atoms with Crippen LogP contribution in [0.2, 0.25) is 5.15 Å². The van der Waals surface area contributed by atoms with E-state index in [2.05, 4.69) is 29.2 Å². The Bertz CT molecular complexity index is 597. The van der Waals surface area contributed by atoms with E-state index >= 15 is 0 Å². The summed E-state index contributed by atoms with van der Waals surface area (Å²) in [5.41, 5.74) is 3.73. The highest BCUT2D eigenvalue weighted by Gasteiger charge is 2.21. The van der Waals surface area contributed by atoms with E-state index in [1.807, 2.05) is 6.92 Å². The molecule has 0 radical (unpaired) electrons. The zero-order valence-corrected chi connectivity index (χ0v) is 11.7. The van der Waals surface area contributed by atoms with Gasteiger partial charge < -0.3 is 4.74 Å². The quantitative estimate of drug-likeness (QED) is 0.752. The number of aryl methyl sites for hydroxylation is 2. The Labute approximate surface area is 118 Å². The molecule has 0 spiro atoms. The minimum absolute atomic E-state index is 0.127. The molecule has 0 N–H and O–H groups in total. The van der Waals surface area contributed by atoms with Crippen LogP contribution in [-0.2, 0) is 6.42 Å². The molecule has 1 aliphatic rings. The number of halogens is 1. The molecule has 1 aliphatic carbocycles. The van der Waals surface area contributed by atoms with Gasteiger partial charge in [0.2, 0.25) is 0 Å². The Balaban J connectivity index is 1.90. The first-order valence-electron chi connectivity index (χ1n) is 6.60. The Morgan fingerprint density at radius 1 is 1.32 bits per heavy atom. The molecule has 1 aromatic carbocycles. The minimum atomic E-state index is 0.127. The fraction of sp³-hybridized carbons (Fsp3) is 0.312. The average molecular weight is 274 g/mol. The zero-order valence-electron chi connectivity index (χ0n) is 10.9. The maximum absolute atomic E-state index is 6.17. The van der Waals surface area contributed by atoms with E-state index in [0.29, 0.717) is 5.15 Å². The largest absolute Gasteiger partial charge is 0.485 e. The SMILES string of the molecule is Cc1cnc(Cl)cc1OC1CCCc2ccccc21. The average Bonchev–Trinajstić information content (AvgIpc) is 2.43. The predicted octanol–water partition coefficient (Wildman–Crippen LogP) is 4.50. The summed E-state index contributed by atoms with van der Waals surface area (Å²) in [5.74, 6) is 0.835. The third-order valence-corrected chi connectivity index (χ3v) is 3.81. The molecule has 1 unspecified atom stereocenters. The van der Waals surface area contributed by atoms with Gasteiger partial charge in [0.25, 0.3) is 0 Å². The molecule has 2 aromatic rings. The lowest BCUT2D eigenvalue weighted by Crippen LogP contribution is -2.15. The summed E-state index contributed by atoms with van der Waals surface area (Å²) < 4.78 is 6.17. The van der Waals surface area contributed by atoms with Gasteiger partial charge in [-0.1, -0.05) is 35.9 Å². The van der Waals surface area contributed by atoms with Crippen molar-refractivity contribution in [3.63, 3.8) is 0 Å². The summed E-state index contributed by atoms with van der Waals surface area (Å²) in [7, 11) is 0. The number of rotatable bonds is 2. The van der Waals surface area contributed by atoms with Gasteiger partial charge in [-0.25, -0.2) is 4.98 Å². The molecule has 0 amide bonds. The van der Waals surface area contributed by atoms with Crippen LogP contribution in [0.4, 0.5) is 0 Å². The van der Waals surface area contributed by atoms with E-state index in [0.717, 1.165) is 24.2 Å². The third kappa shape index (κ3) is 2.59. The van der Waals surface area contributed by atoms with Gasteiger partial charge in [0.15, 0.2) is 0 Å². The lowest BCUT2D eigenvalue weighted by Gasteiger charge is -2.26. The lowest BCUT2D eigenvalue weighted by atomic mass is 9.89. The van der Waals surface area contributed by atoms with Gasteiger partial charge in [-0.15, -0.1) is 0 Å². The van der Waals surface area contributed by atoms with Crippen molar-refractivity contribution < 1.29 is 4.74 Å². The summed E-state index contributed by atoms with van der Waals surface area (Å²) in [6.45, 7) is 1.99. The van der Waals surface area contributed by atoms with Crippen LogP contribution in [0.1, 0.15) is 35.6 Å². The fourth-order valence-corrected chi connectivity index (χ4v) is 2.74. The molecule has 0 aliphatic heterocycles. The van der Waals surface area contributed by atoms with Crippen LogP contribution in [0, 0.1) is 6.92 Å². The van der Waals surface area contributed by atoms with Crippen LogP contribution in [0.25, 0.3) is 0 Å². The van der Waals surface area contributed by atoms with Gasteiger partial charge in [0, 0.05) is 17.8 Å². The second kappa shape index (κ2) is 5.22. The van der Waals surface area contributed by atoms with Crippen LogP contribution >= 0.6 is 11.6 Å². The number of nitrogens with zero attached hydrogens (tertiary/aromatic N) is 1. The highest BCUT2D eigenvalue weighted by molar-refractivity contribution is 6.29. The number of benzene rings is 1. The molecule has 0 bridgehead atoms. The van der Waals surface area contributed by atoms with Crippen LogP contribution in [0.3, 0.4) is 0 Å². The smallest absolute Gasteiger partial charge is 0.132 e. The number of hydrogen-bond donors (Lipinski definition) is 0. The molecule has 98 valence electrons. The van der Waals surface area contributed by atoms with E-state index in [-0.39, 0.29) is 6.10 Å². The van der Waals surface area contributed by atoms with Crippen molar-refractivity contribution >= 4 is 11.6 Å². The number of aromatic nitrogens is 1. The van der Waals surface area contributed by atoms with Crippen molar-refractivity contribution in [3.05, 3.63) is 58.4 Å². The highest BCUT2D eigenvalue weighted by Crippen LogP contribution is 2.34. The third-order valence-electron chi connectivity index (χ3n) is 3.60. The molecule has 1 aromatic heterocycles. The first-order chi connectivity index (χ1) is 9.24. The van der Waals surface area contributed by atoms with E-state index in [1.54, 1.807) is 12.3 Å². The van der Waals surface area contributed by atoms with Crippen LogP contribution in [0.5, 0.6) is 5.75 Å². The molecule has 0 saturated heterocycles. The van der Waals surface area contributed by atoms with Gasteiger partial charge in [0.05, 0.1) is 0 Å². The van der Waals surface area contributed by atoms with Gasteiger partial charge in [-0.3, -0.25) is 0 Å². The van der Waals surface area contributed by atoms with Crippen LogP contribution < -0.4 is 4.74 Å². The standard InChI is InChI=1S/C16H16ClNO/c1-11-10-18-16(17)9-15(11)19-14-8-4-6-12-5-2-3-7-13(12)14/h2-3,5,7,9-10,14H,4,6,8H2,1H3. The summed E-state index contributed by atoms with van der Waals surface area (Å²) in [6, 6.07) is 10.3. The maximum atomic E-state index is 6.17. The molecular weight excluding hydrogens is 258 g/mol. The summed E-state index contributed by atoms with van der Waals surface area (Å²) in [5, 5.41) is 0.477. The van der Waals surface area contributed by atoms with Crippen molar-refractivity contribution in [2.24, 2.45) is 0 Å². The Morgan fingerprint density at radius 3 is 3.05 bits per heavy atom. The van der Waals surface area contributed by atoms with Crippen LogP contribution in [-0.4, -0.2) is 4.98 Å². The first kappa shape index (κ1) is 12.5. The highest BCUT2D eigenvalue weighted by atomic mass is 35.5. The minimum Gasteiger partial charge on any atom is -0.485 e.